The molecular formula is C12H6Cl3N3O3. The Hall–Kier alpha value is -1.89. The lowest BCUT2D eigenvalue weighted by Crippen LogP contribution is -2.16. The molecule has 0 aliphatic rings. The molecule has 1 aromatic carbocycles. The smallest absolute Gasteiger partial charge is 0.337 e. The molecule has 0 spiro atoms. The van der Waals surface area contributed by atoms with Gasteiger partial charge in [-0.15, -0.1) is 10.2 Å². The summed E-state index contributed by atoms with van der Waals surface area (Å²) in [5.74, 6) is -1.90. The monoisotopic (exact) mass is 345 g/mol. The Bertz CT molecular complexity index is 737. The Kier molecular flexibility index (Phi) is 4.62. The van der Waals surface area contributed by atoms with Gasteiger partial charge in [-0.05, 0) is 24.3 Å². The summed E-state index contributed by atoms with van der Waals surface area (Å²) >= 11 is 17.1. The van der Waals surface area contributed by atoms with Crippen molar-refractivity contribution < 1.29 is 14.7 Å². The van der Waals surface area contributed by atoms with Crippen LogP contribution in [0, 0.1) is 0 Å². The second kappa shape index (κ2) is 6.26. The average Bonchev–Trinajstić information content (AvgIpc) is 2.43. The Labute approximate surface area is 133 Å². The van der Waals surface area contributed by atoms with Gasteiger partial charge in [0.15, 0.2) is 10.3 Å². The molecule has 2 rings (SSSR count). The van der Waals surface area contributed by atoms with Crippen LogP contribution >= 0.6 is 34.8 Å². The van der Waals surface area contributed by atoms with Gasteiger partial charge in [-0.1, -0.05) is 34.8 Å². The van der Waals surface area contributed by atoms with Gasteiger partial charge in [0.2, 0.25) is 0 Å². The molecule has 0 aliphatic carbocycles. The first-order valence-corrected chi connectivity index (χ1v) is 6.55. The largest absolute Gasteiger partial charge is 0.478 e. The summed E-state index contributed by atoms with van der Waals surface area (Å²) in [5.41, 5.74) is -0.107. The van der Waals surface area contributed by atoms with Gasteiger partial charge in [-0.3, -0.25) is 4.79 Å². The molecule has 0 radical (unpaired) electrons. The van der Waals surface area contributed by atoms with E-state index < -0.39 is 11.9 Å². The molecule has 9 heteroatoms. The number of carboxylic acids is 1. The molecule has 0 atom stereocenters. The summed E-state index contributed by atoms with van der Waals surface area (Å²) in [4.78, 5) is 23.2. The minimum absolute atomic E-state index is 0.0147. The van der Waals surface area contributed by atoms with Gasteiger partial charge in [0, 0.05) is 5.02 Å². The SMILES string of the molecule is O=C(O)c1cc(Cl)ccc1NC(=O)c1cc(Cl)nnc1Cl. The highest BCUT2D eigenvalue weighted by molar-refractivity contribution is 6.34. The summed E-state index contributed by atoms with van der Waals surface area (Å²) in [6, 6.07) is 5.26. The van der Waals surface area contributed by atoms with E-state index in [-0.39, 0.29) is 32.1 Å². The van der Waals surface area contributed by atoms with Gasteiger partial charge in [0.25, 0.3) is 5.91 Å². The Balaban J connectivity index is 2.36. The summed E-state index contributed by atoms with van der Waals surface area (Å²) in [6.45, 7) is 0. The lowest BCUT2D eigenvalue weighted by Gasteiger charge is -2.09. The van der Waals surface area contributed by atoms with Crippen LogP contribution in [-0.4, -0.2) is 27.2 Å². The number of hydrogen-bond acceptors (Lipinski definition) is 4. The van der Waals surface area contributed by atoms with Crippen LogP contribution in [0.3, 0.4) is 0 Å². The first-order valence-electron chi connectivity index (χ1n) is 5.41. The van der Waals surface area contributed by atoms with Gasteiger partial charge in [0.05, 0.1) is 16.8 Å². The first kappa shape index (κ1) is 15.5. The standard InChI is InChI=1S/C12H6Cl3N3O3/c13-5-1-2-8(6(3-5)12(20)21)16-11(19)7-4-9(14)17-18-10(7)15/h1-4H,(H,16,19)(H,20,21). The highest BCUT2D eigenvalue weighted by Gasteiger charge is 2.17. The van der Waals surface area contributed by atoms with Crippen LogP contribution in [0.5, 0.6) is 0 Å². The molecule has 0 aliphatic heterocycles. The van der Waals surface area contributed by atoms with Crippen LogP contribution in [0.1, 0.15) is 20.7 Å². The van der Waals surface area contributed by atoms with Crippen LogP contribution < -0.4 is 5.32 Å². The van der Waals surface area contributed by atoms with E-state index in [0.717, 1.165) is 0 Å². The van der Waals surface area contributed by atoms with E-state index in [0.29, 0.717) is 0 Å². The highest BCUT2D eigenvalue weighted by atomic mass is 35.5. The fourth-order valence-corrected chi connectivity index (χ4v) is 2.00. The van der Waals surface area contributed by atoms with Gasteiger partial charge in [-0.25, -0.2) is 4.79 Å². The predicted molar refractivity (Wildman–Crippen MR) is 78.4 cm³/mol. The number of anilines is 1. The Morgan fingerprint density at radius 1 is 1.05 bits per heavy atom. The summed E-state index contributed by atoms with van der Waals surface area (Å²) in [7, 11) is 0. The number of nitrogens with zero attached hydrogens (tertiary/aromatic N) is 2. The average molecular weight is 347 g/mol. The van der Waals surface area contributed by atoms with Crippen LogP contribution in [0.4, 0.5) is 5.69 Å². The van der Waals surface area contributed by atoms with E-state index in [1.807, 2.05) is 0 Å². The van der Waals surface area contributed by atoms with Crippen molar-refractivity contribution in [2.24, 2.45) is 0 Å². The molecule has 6 nitrogen and oxygen atoms in total. The maximum Gasteiger partial charge on any atom is 0.337 e. The van der Waals surface area contributed by atoms with Crippen molar-refractivity contribution in [2.75, 3.05) is 5.32 Å². The van der Waals surface area contributed by atoms with Crippen LogP contribution in [-0.2, 0) is 0 Å². The van der Waals surface area contributed by atoms with Crippen molar-refractivity contribution in [1.29, 1.82) is 0 Å². The molecule has 0 bridgehead atoms. The van der Waals surface area contributed by atoms with Crippen LogP contribution in [0.2, 0.25) is 15.3 Å². The fraction of sp³-hybridized carbons (Fsp3) is 0. The lowest BCUT2D eigenvalue weighted by molar-refractivity contribution is 0.0698. The molecule has 0 unspecified atom stereocenters. The van der Waals surface area contributed by atoms with Crippen LogP contribution in [0.25, 0.3) is 0 Å². The van der Waals surface area contributed by atoms with Crippen LogP contribution in [0.15, 0.2) is 24.3 Å². The molecule has 108 valence electrons. The fourth-order valence-electron chi connectivity index (χ4n) is 1.50. The number of halogens is 3. The minimum atomic E-state index is -1.23. The quantitative estimate of drug-likeness (QED) is 0.888. The third-order valence-corrected chi connectivity index (χ3v) is 3.12. The van der Waals surface area contributed by atoms with E-state index in [9.17, 15) is 9.59 Å². The highest BCUT2D eigenvalue weighted by Crippen LogP contribution is 2.23. The van der Waals surface area contributed by atoms with Crippen molar-refractivity contribution in [3.8, 4) is 0 Å². The number of carbonyl (C=O) groups excluding carboxylic acids is 1. The van der Waals surface area contributed by atoms with Gasteiger partial charge in [-0.2, -0.15) is 0 Å². The number of carbonyl (C=O) groups is 2. The van der Waals surface area contributed by atoms with Crippen molar-refractivity contribution in [1.82, 2.24) is 10.2 Å². The van der Waals surface area contributed by atoms with Gasteiger partial charge in [0.1, 0.15) is 0 Å². The van der Waals surface area contributed by atoms with E-state index in [2.05, 4.69) is 15.5 Å². The molecule has 2 aromatic rings. The number of hydrogen-bond donors (Lipinski definition) is 2. The zero-order chi connectivity index (χ0) is 15.6. The maximum absolute atomic E-state index is 12.1. The summed E-state index contributed by atoms with van der Waals surface area (Å²) in [6.07, 6.45) is 0. The molecule has 1 heterocycles. The third kappa shape index (κ3) is 3.60. The molecule has 0 saturated heterocycles. The molecule has 2 N–H and O–H groups in total. The van der Waals surface area contributed by atoms with Gasteiger partial charge < -0.3 is 10.4 Å². The molecule has 21 heavy (non-hydrogen) atoms. The van der Waals surface area contributed by atoms with Crippen molar-refractivity contribution in [3.63, 3.8) is 0 Å². The first-order chi connectivity index (χ1) is 9.88. The molecule has 0 saturated carbocycles. The van der Waals surface area contributed by atoms with E-state index in [1.54, 1.807) is 0 Å². The van der Waals surface area contributed by atoms with Crippen molar-refractivity contribution in [2.45, 2.75) is 0 Å². The molecule has 1 amide bonds. The Morgan fingerprint density at radius 3 is 2.43 bits per heavy atom. The van der Waals surface area contributed by atoms with E-state index in [4.69, 9.17) is 39.9 Å². The number of nitrogens with one attached hydrogen (secondary N) is 1. The third-order valence-electron chi connectivity index (χ3n) is 2.42. The Morgan fingerprint density at radius 2 is 1.76 bits per heavy atom. The zero-order valence-corrected chi connectivity index (χ0v) is 12.4. The van der Waals surface area contributed by atoms with Gasteiger partial charge >= 0.3 is 5.97 Å². The number of aromatic nitrogens is 2. The zero-order valence-electron chi connectivity index (χ0n) is 10.1. The second-order valence-corrected chi connectivity index (χ2v) is 5.00. The number of rotatable bonds is 3. The number of benzene rings is 1. The van der Waals surface area contributed by atoms with Crippen molar-refractivity contribution >= 4 is 52.4 Å². The second-order valence-electron chi connectivity index (χ2n) is 3.82. The van der Waals surface area contributed by atoms with Crippen molar-refractivity contribution in [3.05, 3.63) is 50.7 Å². The summed E-state index contributed by atoms with van der Waals surface area (Å²) < 4.78 is 0. The van der Waals surface area contributed by atoms with E-state index >= 15 is 0 Å². The number of carboxylic acid groups (broad SMARTS) is 1. The topological polar surface area (TPSA) is 92.2 Å². The molecular weight excluding hydrogens is 341 g/mol. The minimum Gasteiger partial charge on any atom is -0.478 e. The number of aromatic carboxylic acids is 1. The maximum atomic E-state index is 12.1. The van der Waals surface area contributed by atoms with E-state index in [1.165, 1.54) is 24.3 Å². The lowest BCUT2D eigenvalue weighted by atomic mass is 10.1. The predicted octanol–water partition coefficient (Wildman–Crippen LogP) is 3.39. The molecule has 1 aromatic heterocycles. The summed E-state index contributed by atoms with van der Waals surface area (Å²) in [5, 5.41) is 18.6. The normalized spacial score (nSPS) is 10.2. The molecule has 0 fully saturated rings. The number of amides is 1.